The van der Waals surface area contributed by atoms with Crippen molar-refractivity contribution in [2.75, 3.05) is 25.0 Å². The number of likely N-dealkylation sites (tertiary alicyclic amines) is 1. The normalized spacial score (nSPS) is 17.5. The molecule has 138 valence electrons. The van der Waals surface area contributed by atoms with E-state index in [1.807, 2.05) is 29.1 Å². The van der Waals surface area contributed by atoms with Crippen LogP contribution in [0.2, 0.25) is 0 Å². The number of hydrogen-bond acceptors (Lipinski definition) is 5. The van der Waals surface area contributed by atoms with Crippen molar-refractivity contribution in [1.29, 1.82) is 0 Å². The van der Waals surface area contributed by atoms with E-state index in [2.05, 4.69) is 26.5 Å². The molecule has 4 heterocycles. The zero-order valence-electron chi connectivity index (χ0n) is 15.1. The Morgan fingerprint density at radius 1 is 1.19 bits per heavy atom. The van der Waals surface area contributed by atoms with Crippen LogP contribution in [0.5, 0.6) is 0 Å². The van der Waals surface area contributed by atoms with Gasteiger partial charge in [-0.2, -0.15) is 5.10 Å². The number of hydrogen-bond donors (Lipinski definition) is 1. The zero-order chi connectivity index (χ0) is 18.2. The van der Waals surface area contributed by atoms with E-state index in [1.54, 1.807) is 6.20 Å². The van der Waals surface area contributed by atoms with Crippen LogP contribution in [0.15, 0.2) is 36.8 Å². The SMILES string of the molecule is O=C(CN1CCCC1)Nc1cc2nc(-c3cnn(C4CC4)c3)ccc2cn1. The Morgan fingerprint density at radius 3 is 2.85 bits per heavy atom. The second kappa shape index (κ2) is 6.74. The maximum absolute atomic E-state index is 12.2. The molecular formula is C20H22N6O. The van der Waals surface area contributed by atoms with Gasteiger partial charge >= 0.3 is 0 Å². The highest BCUT2D eigenvalue weighted by molar-refractivity contribution is 5.93. The number of anilines is 1. The molecule has 7 heteroatoms. The summed E-state index contributed by atoms with van der Waals surface area (Å²) in [5.74, 6) is 0.524. The zero-order valence-corrected chi connectivity index (χ0v) is 15.1. The van der Waals surface area contributed by atoms with Crippen LogP contribution in [0.1, 0.15) is 31.7 Å². The van der Waals surface area contributed by atoms with Crippen molar-refractivity contribution in [3.8, 4) is 11.3 Å². The summed E-state index contributed by atoms with van der Waals surface area (Å²) in [6, 6.07) is 6.39. The molecule has 2 fully saturated rings. The first kappa shape index (κ1) is 16.4. The number of nitrogens with one attached hydrogen (secondary N) is 1. The summed E-state index contributed by atoms with van der Waals surface area (Å²) in [5, 5.41) is 8.29. The van der Waals surface area contributed by atoms with E-state index in [9.17, 15) is 4.79 Å². The van der Waals surface area contributed by atoms with Gasteiger partial charge in [0.15, 0.2) is 0 Å². The summed E-state index contributed by atoms with van der Waals surface area (Å²) in [4.78, 5) is 23.5. The molecule has 1 saturated carbocycles. The number of pyridine rings is 2. The van der Waals surface area contributed by atoms with Crippen molar-refractivity contribution >= 4 is 22.6 Å². The molecule has 0 radical (unpaired) electrons. The fraction of sp³-hybridized carbons (Fsp3) is 0.400. The molecule has 2 aliphatic rings. The van der Waals surface area contributed by atoms with Crippen molar-refractivity contribution in [2.45, 2.75) is 31.7 Å². The highest BCUT2D eigenvalue weighted by atomic mass is 16.2. The number of aromatic nitrogens is 4. The number of amides is 1. The molecule has 0 spiro atoms. The monoisotopic (exact) mass is 362 g/mol. The molecule has 7 nitrogen and oxygen atoms in total. The van der Waals surface area contributed by atoms with Gasteiger partial charge in [-0.25, -0.2) is 9.97 Å². The molecule has 5 rings (SSSR count). The largest absolute Gasteiger partial charge is 0.310 e. The molecule has 3 aromatic heterocycles. The van der Waals surface area contributed by atoms with Gasteiger partial charge in [-0.15, -0.1) is 0 Å². The molecular weight excluding hydrogens is 340 g/mol. The van der Waals surface area contributed by atoms with E-state index in [0.29, 0.717) is 18.4 Å². The quantitative estimate of drug-likeness (QED) is 0.755. The Bertz CT molecular complexity index is 987. The summed E-state index contributed by atoms with van der Waals surface area (Å²) >= 11 is 0. The van der Waals surface area contributed by atoms with Crippen LogP contribution in [-0.4, -0.2) is 50.2 Å². The van der Waals surface area contributed by atoms with Crippen LogP contribution in [0.3, 0.4) is 0 Å². The minimum atomic E-state index is -0.0226. The second-order valence-electron chi connectivity index (χ2n) is 7.43. The lowest BCUT2D eigenvalue weighted by molar-refractivity contribution is -0.117. The number of carbonyl (C=O) groups is 1. The fourth-order valence-electron chi connectivity index (χ4n) is 3.58. The fourth-order valence-corrected chi connectivity index (χ4v) is 3.58. The lowest BCUT2D eigenvalue weighted by Gasteiger charge is -2.13. The van der Waals surface area contributed by atoms with Crippen molar-refractivity contribution in [2.24, 2.45) is 0 Å². The van der Waals surface area contributed by atoms with Crippen LogP contribution in [0, 0.1) is 0 Å². The van der Waals surface area contributed by atoms with E-state index in [1.165, 1.54) is 25.7 Å². The van der Waals surface area contributed by atoms with Crippen molar-refractivity contribution in [1.82, 2.24) is 24.6 Å². The summed E-state index contributed by atoms with van der Waals surface area (Å²) in [7, 11) is 0. The molecule has 27 heavy (non-hydrogen) atoms. The van der Waals surface area contributed by atoms with Gasteiger partial charge in [0.2, 0.25) is 5.91 Å². The Hall–Kier alpha value is -2.80. The number of nitrogens with zero attached hydrogens (tertiary/aromatic N) is 5. The minimum Gasteiger partial charge on any atom is -0.310 e. The van der Waals surface area contributed by atoms with E-state index < -0.39 is 0 Å². The van der Waals surface area contributed by atoms with Crippen molar-refractivity contribution in [3.05, 3.63) is 36.8 Å². The Morgan fingerprint density at radius 2 is 2.04 bits per heavy atom. The second-order valence-corrected chi connectivity index (χ2v) is 7.43. The van der Waals surface area contributed by atoms with Crippen LogP contribution in [0.25, 0.3) is 22.2 Å². The van der Waals surface area contributed by atoms with Crippen molar-refractivity contribution < 1.29 is 4.79 Å². The predicted molar refractivity (Wildman–Crippen MR) is 103 cm³/mol. The molecule has 1 aliphatic carbocycles. The van der Waals surface area contributed by atoms with Gasteiger partial charge in [0.25, 0.3) is 0 Å². The van der Waals surface area contributed by atoms with E-state index in [4.69, 9.17) is 4.98 Å². The molecule has 1 N–H and O–H groups in total. The first-order chi connectivity index (χ1) is 13.2. The summed E-state index contributed by atoms with van der Waals surface area (Å²) in [6.45, 7) is 2.42. The molecule has 0 aromatic carbocycles. The molecule has 1 amide bonds. The molecule has 0 bridgehead atoms. The third kappa shape index (κ3) is 3.55. The number of carbonyl (C=O) groups excluding carboxylic acids is 1. The van der Waals surface area contributed by atoms with E-state index in [0.717, 1.165) is 35.2 Å². The predicted octanol–water partition coefficient (Wildman–Crippen LogP) is 2.86. The van der Waals surface area contributed by atoms with Gasteiger partial charge in [0.05, 0.1) is 30.0 Å². The van der Waals surface area contributed by atoms with Gasteiger partial charge in [-0.05, 0) is 50.9 Å². The topological polar surface area (TPSA) is 75.9 Å². The van der Waals surface area contributed by atoms with Gasteiger partial charge in [0, 0.05) is 29.4 Å². The van der Waals surface area contributed by atoms with Crippen LogP contribution >= 0.6 is 0 Å². The van der Waals surface area contributed by atoms with E-state index in [-0.39, 0.29) is 5.91 Å². The van der Waals surface area contributed by atoms with Crippen LogP contribution in [-0.2, 0) is 4.79 Å². The highest BCUT2D eigenvalue weighted by Crippen LogP contribution is 2.35. The molecule has 0 atom stereocenters. The standard InChI is InChI=1S/C20H22N6O/c27-20(13-25-7-1-2-8-25)24-19-9-18-14(10-21-19)3-6-17(23-18)15-11-22-26(12-15)16-4-5-16/h3,6,9-12,16H,1-2,4-5,7-8,13H2,(H,21,24,27). The smallest absolute Gasteiger partial charge is 0.239 e. The summed E-state index contributed by atoms with van der Waals surface area (Å²) in [5.41, 5.74) is 2.72. The average molecular weight is 362 g/mol. The molecule has 3 aromatic rings. The summed E-state index contributed by atoms with van der Waals surface area (Å²) < 4.78 is 2.03. The van der Waals surface area contributed by atoms with Crippen LogP contribution < -0.4 is 5.32 Å². The minimum absolute atomic E-state index is 0.0226. The number of fused-ring (bicyclic) bond motifs is 1. The first-order valence-electron chi connectivity index (χ1n) is 9.58. The maximum Gasteiger partial charge on any atom is 0.239 e. The van der Waals surface area contributed by atoms with Gasteiger partial charge in [-0.3, -0.25) is 14.4 Å². The Balaban J connectivity index is 1.35. The Kier molecular flexibility index (Phi) is 4.09. The lowest BCUT2D eigenvalue weighted by atomic mass is 10.2. The molecule has 0 unspecified atom stereocenters. The van der Waals surface area contributed by atoms with Crippen LogP contribution in [0.4, 0.5) is 5.82 Å². The lowest BCUT2D eigenvalue weighted by Crippen LogP contribution is -2.31. The molecule has 1 aliphatic heterocycles. The van der Waals surface area contributed by atoms with Gasteiger partial charge < -0.3 is 5.32 Å². The van der Waals surface area contributed by atoms with Gasteiger partial charge in [0.1, 0.15) is 5.82 Å². The van der Waals surface area contributed by atoms with E-state index >= 15 is 0 Å². The van der Waals surface area contributed by atoms with Gasteiger partial charge in [-0.1, -0.05) is 0 Å². The third-order valence-electron chi connectivity index (χ3n) is 5.23. The average Bonchev–Trinajstić information content (AvgIpc) is 3.18. The van der Waals surface area contributed by atoms with Crippen molar-refractivity contribution in [3.63, 3.8) is 0 Å². The number of rotatable bonds is 5. The molecule has 1 saturated heterocycles. The third-order valence-corrected chi connectivity index (χ3v) is 5.23. The Labute approximate surface area is 157 Å². The highest BCUT2D eigenvalue weighted by Gasteiger charge is 2.24. The summed E-state index contributed by atoms with van der Waals surface area (Å²) in [6.07, 6.45) is 10.4. The maximum atomic E-state index is 12.2. The first-order valence-corrected chi connectivity index (χ1v) is 9.58.